The molecule has 0 saturated heterocycles. The van der Waals surface area contributed by atoms with E-state index in [-0.39, 0.29) is 24.2 Å². The van der Waals surface area contributed by atoms with Gasteiger partial charge in [0.2, 0.25) is 0 Å². The minimum absolute atomic E-state index is 0.118. The van der Waals surface area contributed by atoms with Crippen LogP contribution in [0.2, 0.25) is 5.02 Å². The number of carbonyl (C=O) groups excluding carboxylic acids is 1. The number of hydrogen-bond donors (Lipinski definition) is 2. The Labute approximate surface area is 173 Å². The molecule has 1 fully saturated rings. The van der Waals surface area contributed by atoms with Gasteiger partial charge in [-0.3, -0.25) is 4.79 Å². The Hall–Kier alpha value is -2.86. The third-order valence-electron chi connectivity index (χ3n) is 5.35. The lowest BCUT2D eigenvalue weighted by Gasteiger charge is -2.34. The van der Waals surface area contributed by atoms with Crippen LogP contribution in [0, 0.1) is 0 Å². The van der Waals surface area contributed by atoms with Crippen molar-refractivity contribution < 1.29 is 4.79 Å². The molecule has 2 amide bonds. The van der Waals surface area contributed by atoms with E-state index in [4.69, 9.17) is 11.6 Å². The number of nitrogens with one attached hydrogen (secondary N) is 2. The summed E-state index contributed by atoms with van der Waals surface area (Å²) in [4.78, 5) is 34.7. The number of fused-ring (bicyclic) bond motifs is 1. The summed E-state index contributed by atoms with van der Waals surface area (Å²) in [6, 6.07) is 14.2. The fourth-order valence-electron chi connectivity index (χ4n) is 3.86. The van der Waals surface area contributed by atoms with Crippen molar-refractivity contribution in [3.8, 4) is 0 Å². The summed E-state index contributed by atoms with van der Waals surface area (Å²) in [6.45, 7) is 0.254. The molecule has 0 aliphatic heterocycles. The maximum absolute atomic E-state index is 13.1. The van der Waals surface area contributed by atoms with E-state index in [0.717, 1.165) is 25.7 Å². The molecule has 1 aliphatic carbocycles. The molecule has 150 valence electrons. The molecule has 0 radical (unpaired) electrons. The molecule has 1 heterocycles. The summed E-state index contributed by atoms with van der Waals surface area (Å²) in [5, 5.41) is 4.11. The monoisotopic (exact) mass is 410 g/mol. The number of amides is 2. The van der Waals surface area contributed by atoms with E-state index in [0.29, 0.717) is 27.4 Å². The number of anilines is 1. The summed E-state index contributed by atoms with van der Waals surface area (Å²) in [5.74, 6) is 0.491. The number of para-hydroxylation sites is 1. The number of halogens is 1. The predicted molar refractivity (Wildman–Crippen MR) is 115 cm³/mol. The van der Waals surface area contributed by atoms with E-state index < -0.39 is 0 Å². The summed E-state index contributed by atoms with van der Waals surface area (Å²) in [7, 11) is 0. The molecule has 0 bridgehead atoms. The minimum atomic E-state index is -0.199. The first-order valence-corrected chi connectivity index (χ1v) is 10.3. The highest BCUT2D eigenvalue weighted by atomic mass is 35.5. The normalized spacial score (nSPS) is 14.7. The lowest BCUT2D eigenvalue weighted by molar-refractivity contribution is 0.160. The number of rotatable bonds is 4. The molecule has 29 heavy (non-hydrogen) atoms. The molecule has 7 heteroatoms. The first-order chi connectivity index (χ1) is 14.1. The first-order valence-electron chi connectivity index (χ1n) is 9.91. The predicted octanol–water partition coefficient (Wildman–Crippen LogP) is 4.94. The van der Waals surface area contributed by atoms with Crippen LogP contribution in [0.3, 0.4) is 0 Å². The van der Waals surface area contributed by atoms with Gasteiger partial charge in [-0.2, -0.15) is 0 Å². The van der Waals surface area contributed by atoms with Crippen LogP contribution in [0.5, 0.6) is 0 Å². The van der Waals surface area contributed by atoms with E-state index in [1.165, 1.54) is 6.42 Å². The van der Waals surface area contributed by atoms with E-state index in [1.807, 2.05) is 18.2 Å². The molecule has 0 atom stereocenters. The van der Waals surface area contributed by atoms with Gasteiger partial charge in [-0.25, -0.2) is 9.78 Å². The molecule has 1 aromatic heterocycles. The van der Waals surface area contributed by atoms with Crippen molar-refractivity contribution in [2.24, 2.45) is 0 Å². The average molecular weight is 411 g/mol. The van der Waals surface area contributed by atoms with Gasteiger partial charge in [0, 0.05) is 16.8 Å². The Morgan fingerprint density at radius 3 is 2.59 bits per heavy atom. The maximum Gasteiger partial charge on any atom is 0.322 e. The van der Waals surface area contributed by atoms with Crippen molar-refractivity contribution >= 4 is 34.2 Å². The third-order valence-corrected chi connectivity index (χ3v) is 5.61. The first kappa shape index (κ1) is 19.5. The van der Waals surface area contributed by atoms with E-state index in [9.17, 15) is 9.59 Å². The van der Waals surface area contributed by atoms with Gasteiger partial charge >= 0.3 is 6.03 Å². The van der Waals surface area contributed by atoms with Crippen LogP contribution in [0.25, 0.3) is 10.9 Å². The fraction of sp³-hybridized carbons (Fsp3) is 0.318. The van der Waals surface area contributed by atoms with Crippen LogP contribution in [0.1, 0.15) is 37.9 Å². The molecule has 3 aromatic rings. The number of H-pyrrole nitrogens is 1. The molecule has 0 unspecified atom stereocenters. The molecule has 4 rings (SSSR count). The van der Waals surface area contributed by atoms with Crippen LogP contribution in [0.4, 0.5) is 10.5 Å². The van der Waals surface area contributed by atoms with Gasteiger partial charge in [0.05, 0.1) is 17.4 Å². The smallest absolute Gasteiger partial charge is 0.314 e. The summed E-state index contributed by atoms with van der Waals surface area (Å²) < 4.78 is 0. The fourth-order valence-corrected chi connectivity index (χ4v) is 3.99. The largest absolute Gasteiger partial charge is 0.322 e. The number of carbonyl (C=O) groups is 1. The lowest BCUT2D eigenvalue weighted by Crippen LogP contribution is -2.44. The van der Waals surface area contributed by atoms with Crippen molar-refractivity contribution in [1.82, 2.24) is 14.9 Å². The third kappa shape index (κ3) is 4.59. The highest BCUT2D eigenvalue weighted by molar-refractivity contribution is 6.30. The summed E-state index contributed by atoms with van der Waals surface area (Å²) in [5.41, 5.74) is 1.13. The summed E-state index contributed by atoms with van der Waals surface area (Å²) >= 11 is 5.94. The summed E-state index contributed by atoms with van der Waals surface area (Å²) in [6.07, 6.45) is 5.28. The minimum Gasteiger partial charge on any atom is -0.314 e. The zero-order valence-corrected chi connectivity index (χ0v) is 16.8. The molecule has 6 nitrogen and oxygen atoms in total. The van der Waals surface area contributed by atoms with Gasteiger partial charge in [0.15, 0.2) is 0 Å². The number of hydrogen-bond acceptors (Lipinski definition) is 3. The number of aromatic nitrogens is 2. The Balaban J connectivity index is 1.61. The van der Waals surface area contributed by atoms with Crippen molar-refractivity contribution in [2.75, 3.05) is 5.32 Å². The molecule has 0 spiro atoms. The Morgan fingerprint density at radius 1 is 1.10 bits per heavy atom. The SMILES string of the molecule is O=C(Nc1ccc(Cl)cc1)N(Cc1nc2ccccc2c(=O)[nH]1)C1CCCCC1. The van der Waals surface area contributed by atoms with E-state index >= 15 is 0 Å². The number of aromatic amines is 1. The Bertz CT molecular complexity index is 1060. The van der Waals surface area contributed by atoms with Crippen molar-refractivity contribution in [1.29, 1.82) is 0 Å². The topological polar surface area (TPSA) is 78.1 Å². The average Bonchev–Trinajstić information content (AvgIpc) is 2.74. The highest BCUT2D eigenvalue weighted by Gasteiger charge is 2.26. The lowest BCUT2D eigenvalue weighted by atomic mass is 9.94. The van der Waals surface area contributed by atoms with Crippen molar-refractivity contribution in [3.05, 3.63) is 69.7 Å². The van der Waals surface area contributed by atoms with Crippen LogP contribution < -0.4 is 10.9 Å². The van der Waals surface area contributed by atoms with Crippen LogP contribution in [0.15, 0.2) is 53.3 Å². The molecule has 2 aromatic carbocycles. The quantitative estimate of drug-likeness (QED) is 0.639. The molecule has 1 saturated carbocycles. The standard InChI is InChI=1S/C22H23ClN4O2/c23-15-10-12-16(13-11-15)24-22(29)27(17-6-2-1-3-7-17)14-20-25-19-9-5-4-8-18(19)21(28)26-20/h4-5,8-13,17H,1-3,6-7,14H2,(H,24,29)(H,25,26,28). The highest BCUT2D eigenvalue weighted by Crippen LogP contribution is 2.25. The van der Waals surface area contributed by atoms with Gasteiger partial charge in [0.25, 0.3) is 5.56 Å². The van der Waals surface area contributed by atoms with Crippen LogP contribution in [-0.4, -0.2) is 26.9 Å². The van der Waals surface area contributed by atoms with Gasteiger partial charge in [-0.05, 0) is 49.2 Å². The van der Waals surface area contributed by atoms with Crippen molar-refractivity contribution in [2.45, 2.75) is 44.7 Å². The van der Waals surface area contributed by atoms with Gasteiger partial charge in [-0.1, -0.05) is 43.0 Å². The molecular weight excluding hydrogens is 388 g/mol. The second-order valence-corrected chi connectivity index (χ2v) is 7.82. The zero-order chi connectivity index (χ0) is 20.2. The van der Waals surface area contributed by atoms with Crippen molar-refractivity contribution in [3.63, 3.8) is 0 Å². The molecule has 2 N–H and O–H groups in total. The Kier molecular flexibility index (Phi) is 5.81. The number of benzene rings is 2. The number of urea groups is 1. The van der Waals surface area contributed by atoms with Gasteiger partial charge in [0.1, 0.15) is 5.82 Å². The second-order valence-electron chi connectivity index (χ2n) is 7.39. The Morgan fingerprint density at radius 2 is 1.83 bits per heavy atom. The number of nitrogens with zero attached hydrogens (tertiary/aromatic N) is 2. The van der Waals surface area contributed by atoms with E-state index in [2.05, 4.69) is 15.3 Å². The van der Waals surface area contributed by atoms with Crippen LogP contribution >= 0.6 is 11.6 Å². The van der Waals surface area contributed by atoms with Gasteiger partial charge in [-0.15, -0.1) is 0 Å². The van der Waals surface area contributed by atoms with Crippen LogP contribution in [-0.2, 0) is 6.54 Å². The second kappa shape index (κ2) is 8.66. The van der Waals surface area contributed by atoms with Gasteiger partial charge < -0.3 is 15.2 Å². The molecule has 1 aliphatic rings. The zero-order valence-electron chi connectivity index (χ0n) is 16.0. The maximum atomic E-state index is 13.1. The van der Waals surface area contributed by atoms with E-state index in [1.54, 1.807) is 35.2 Å². The molecular formula is C22H23ClN4O2.